The van der Waals surface area contributed by atoms with E-state index < -0.39 is 12.3 Å². The van der Waals surface area contributed by atoms with Gasteiger partial charge in [-0.3, -0.25) is 4.79 Å². The molecule has 31 heavy (non-hydrogen) atoms. The van der Waals surface area contributed by atoms with Crippen molar-refractivity contribution in [2.24, 2.45) is 5.92 Å². The van der Waals surface area contributed by atoms with Gasteiger partial charge in [0.15, 0.2) is 0 Å². The lowest BCUT2D eigenvalue weighted by atomic mass is 10.1. The number of aliphatic hydroxyl groups is 1. The van der Waals surface area contributed by atoms with Crippen LogP contribution in [-0.4, -0.2) is 23.3 Å². The zero-order chi connectivity index (χ0) is 21.6. The summed E-state index contributed by atoms with van der Waals surface area (Å²) in [6.07, 6.45) is 1.00. The number of benzene rings is 3. The van der Waals surface area contributed by atoms with Crippen molar-refractivity contribution in [1.29, 1.82) is 0 Å². The third-order valence-corrected chi connectivity index (χ3v) is 6.37. The summed E-state index contributed by atoms with van der Waals surface area (Å²) in [5.74, 6) is 0.426. The number of rotatable bonds is 9. The van der Waals surface area contributed by atoms with E-state index in [1.807, 2.05) is 42.5 Å². The third kappa shape index (κ3) is 6.09. The minimum absolute atomic E-state index is 0.229. The molecule has 0 spiro atoms. The molecule has 4 nitrogen and oxygen atoms in total. The van der Waals surface area contributed by atoms with Crippen LogP contribution in [0.1, 0.15) is 28.8 Å². The number of anilines is 1. The highest BCUT2D eigenvalue weighted by atomic mass is 32.2. The second-order valence-corrected chi connectivity index (χ2v) is 8.78. The van der Waals surface area contributed by atoms with E-state index in [-0.39, 0.29) is 17.6 Å². The summed E-state index contributed by atoms with van der Waals surface area (Å²) in [5.41, 5.74) is 2.44. The molecule has 0 saturated heterocycles. The fourth-order valence-corrected chi connectivity index (χ4v) is 4.25. The lowest BCUT2D eigenvalue weighted by Crippen LogP contribution is -2.48. The average molecular weight is 437 g/mol. The summed E-state index contributed by atoms with van der Waals surface area (Å²) in [6, 6.07) is 23.2. The van der Waals surface area contributed by atoms with E-state index in [4.69, 9.17) is 0 Å². The van der Waals surface area contributed by atoms with Crippen LogP contribution in [-0.2, 0) is 5.75 Å². The summed E-state index contributed by atoms with van der Waals surface area (Å²) in [7, 11) is 0. The van der Waals surface area contributed by atoms with Crippen molar-refractivity contribution < 1.29 is 14.3 Å². The largest absolute Gasteiger partial charge is 0.372 e. The Hall–Kier alpha value is -2.83. The number of carbonyl (C=O) groups is 1. The molecule has 0 heterocycles. The maximum absolute atomic E-state index is 13.1. The number of hydrogen-bond donors (Lipinski definition) is 3. The Morgan fingerprint density at radius 1 is 1.00 bits per heavy atom. The number of carbonyl (C=O) groups excluding carboxylic acids is 1. The van der Waals surface area contributed by atoms with Crippen LogP contribution in [0.25, 0.3) is 0 Å². The summed E-state index contributed by atoms with van der Waals surface area (Å²) in [4.78, 5) is 13.7. The first-order valence-corrected chi connectivity index (χ1v) is 11.3. The first-order chi connectivity index (χ1) is 15.1. The van der Waals surface area contributed by atoms with Gasteiger partial charge in [-0.1, -0.05) is 30.3 Å². The summed E-state index contributed by atoms with van der Waals surface area (Å²) in [6.45, 7) is 0. The predicted octanol–water partition coefficient (Wildman–Crippen LogP) is 5.06. The number of aliphatic hydroxyl groups excluding tert-OH is 1. The Balaban J connectivity index is 1.33. The first kappa shape index (κ1) is 21.4. The number of nitrogens with one attached hydrogen (secondary N) is 2. The second kappa shape index (κ2) is 9.98. The molecule has 0 radical (unpaired) electrons. The summed E-state index contributed by atoms with van der Waals surface area (Å²) in [5, 5.41) is 16.8. The minimum atomic E-state index is -0.917. The molecule has 6 heteroatoms. The van der Waals surface area contributed by atoms with Gasteiger partial charge in [0.05, 0.1) is 6.04 Å². The first-order valence-electron chi connectivity index (χ1n) is 10.4. The maximum Gasteiger partial charge on any atom is 0.251 e. The average Bonchev–Trinajstić information content (AvgIpc) is 3.63. The van der Waals surface area contributed by atoms with Crippen molar-refractivity contribution in [3.63, 3.8) is 0 Å². The summed E-state index contributed by atoms with van der Waals surface area (Å²) < 4.78 is 13.1. The number of halogens is 1. The lowest BCUT2D eigenvalue weighted by Gasteiger charge is -2.26. The van der Waals surface area contributed by atoms with E-state index in [0.717, 1.165) is 29.2 Å². The topological polar surface area (TPSA) is 61.4 Å². The van der Waals surface area contributed by atoms with Crippen molar-refractivity contribution in [3.8, 4) is 0 Å². The molecule has 0 bridgehead atoms. The van der Waals surface area contributed by atoms with E-state index in [1.54, 1.807) is 11.8 Å². The van der Waals surface area contributed by atoms with E-state index in [0.29, 0.717) is 5.56 Å². The fraction of sp³-hybridized carbons (Fsp3) is 0.240. The second-order valence-electron chi connectivity index (χ2n) is 7.73. The molecule has 3 aromatic rings. The van der Waals surface area contributed by atoms with E-state index >= 15 is 0 Å². The quantitative estimate of drug-likeness (QED) is 0.324. The van der Waals surface area contributed by atoms with Crippen molar-refractivity contribution in [2.75, 3.05) is 5.32 Å². The number of hydrogen-bond acceptors (Lipinski definition) is 4. The van der Waals surface area contributed by atoms with Crippen LogP contribution in [0.15, 0.2) is 83.8 Å². The molecule has 1 amide bonds. The monoisotopic (exact) mass is 436 g/mol. The van der Waals surface area contributed by atoms with Crippen molar-refractivity contribution in [2.45, 2.75) is 35.8 Å². The van der Waals surface area contributed by atoms with Gasteiger partial charge in [-0.05, 0) is 72.9 Å². The van der Waals surface area contributed by atoms with Gasteiger partial charge in [0, 0.05) is 21.9 Å². The van der Waals surface area contributed by atoms with E-state index in [1.165, 1.54) is 29.8 Å². The molecule has 1 aliphatic rings. The van der Waals surface area contributed by atoms with Crippen LogP contribution in [0.2, 0.25) is 0 Å². The molecule has 0 unspecified atom stereocenters. The Bertz CT molecular complexity index is 992. The summed E-state index contributed by atoms with van der Waals surface area (Å²) >= 11 is 1.76. The predicted molar refractivity (Wildman–Crippen MR) is 122 cm³/mol. The third-order valence-electron chi connectivity index (χ3n) is 5.29. The van der Waals surface area contributed by atoms with Crippen molar-refractivity contribution >= 4 is 23.4 Å². The van der Waals surface area contributed by atoms with Crippen LogP contribution in [0, 0.1) is 11.7 Å². The highest BCUT2D eigenvalue weighted by molar-refractivity contribution is 7.98. The molecule has 2 atom stereocenters. The highest BCUT2D eigenvalue weighted by Crippen LogP contribution is 2.34. The van der Waals surface area contributed by atoms with Gasteiger partial charge in [-0.15, -0.1) is 11.8 Å². The zero-order valence-electron chi connectivity index (χ0n) is 17.0. The molecule has 4 rings (SSSR count). The Labute approximate surface area is 185 Å². The maximum atomic E-state index is 13.1. The SMILES string of the molecule is O=C(N[C@@H](C1CC1)[C@H](O)Nc1ccc(SCc2ccccc2)cc1)c1ccc(F)cc1. The molecule has 1 saturated carbocycles. The van der Waals surface area contributed by atoms with Gasteiger partial charge in [-0.25, -0.2) is 4.39 Å². The highest BCUT2D eigenvalue weighted by Gasteiger charge is 2.37. The van der Waals surface area contributed by atoms with Crippen LogP contribution >= 0.6 is 11.8 Å². The van der Waals surface area contributed by atoms with Crippen molar-refractivity contribution in [3.05, 3.63) is 95.8 Å². The van der Waals surface area contributed by atoms with Gasteiger partial charge in [0.25, 0.3) is 5.91 Å². The van der Waals surface area contributed by atoms with Crippen LogP contribution in [0.3, 0.4) is 0 Å². The molecule has 3 N–H and O–H groups in total. The Morgan fingerprint density at radius 3 is 2.32 bits per heavy atom. The molecule has 0 aliphatic heterocycles. The standard InChI is InChI=1S/C25H25FN2O2S/c26-20-10-8-19(9-11-20)24(29)28-23(18-6-7-18)25(30)27-21-12-14-22(15-13-21)31-16-17-4-2-1-3-5-17/h1-5,8-15,18,23,25,27,30H,6-7,16H2,(H,28,29)/t23-,25-/m0/s1. The Kier molecular flexibility index (Phi) is 6.89. The Morgan fingerprint density at radius 2 is 1.68 bits per heavy atom. The number of thioether (sulfide) groups is 1. The van der Waals surface area contributed by atoms with Crippen molar-refractivity contribution in [1.82, 2.24) is 5.32 Å². The van der Waals surface area contributed by atoms with E-state index in [2.05, 4.69) is 22.8 Å². The van der Waals surface area contributed by atoms with E-state index in [9.17, 15) is 14.3 Å². The van der Waals surface area contributed by atoms with Crippen LogP contribution in [0.5, 0.6) is 0 Å². The minimum Gasteiger partial charge on any atom is -0.372 e. The van der Waals surface area contributed by atoms with Gasteiger partial charge in [0.2, 0.25) is 0 Å². The fourth-order valence-electron chi connectivity index (χ4n) is 3.39. The molecule has 3 aromatic carbocycles. The molecule has 160 valence electrons. The molecular formula is C25H25FN2O2S. The number of amides is 1. The van der Waals surface area contributed by atoms with Crippen LogP contribution < -0.4 is 10.6 Å². The normalized spacial score (nSPS) is 15.2. The lowest BCUT2D eigenvalue weighted by molar-refractivity contribution is 0.0848. The molecular weight excluding hydrogens is 411 g/mol. The molecule has 0 aromatic heterocycles. The van der Waals surface area contributed by atoms with Gasteiger partial charge in [0.1, 0.15) is 12.0 Å². The smallest absolute Gasteiger partial charge is 0.251 e. The van der Waals surface area contributed by atoms with Gasteiger partial charge >= 0.3 is 0 Å². The van der Waals surface area contributed by atoms with Crippen LogP contribution in [0.4, 0.5) is 10.1 Å². The zero-order valence-corrected chi connectivity index (χ0v) is 17.8. The molecule has 1 fully saturated rings. The van der Waals surface area contributed by atoms with Gasteiger partial charge < -0.3 is 15.7 Å². The molecule has 1 aliphatic carbocycles. The van der Waals surface area contributed by atoms with Gasteiger partial charge in [-0.2, -0.15) is 0 Å².